The minimum atomic E-state index is -1.14. The van der Waals surface area contributed by atoms with E-state index in [0.29, 0.717) is 33.7 Å². The van der Waals surface area contributed by atoms with Gasteiger partial charge in [-0.1, -0.05) is 12.1 Å². The van der Waals surface area contributed by atoms with Crippen molar-refractivity contribution in [2.24, 2.45) is 11.7 Å². The van der Waals surface area contributed by atoms with Gasteiger partial charge in [0.25, 0.3) is 5.91 Å². The molecule has 9 nitrogen and oxygen atoms in total. The minimum absolute atomic E-state index is 0.161. The number of nitrogens with zero attached hydrogens (tertiary/aromatic N) is 3. The normalized spacial score (nSPS) is 13.2. The van der Waals surface area contributed by atoms with Crippen LogP contribution in [0.4, 0.5) is 16.0 Å². The summed E-state index contributed by atoms with van der Waals surface area (Å²) in [5.74, 6) is -1.13. The fourth-order valence-corrected chi connectivity index (χ4v) is 3.91. The summed E-state index contributed by atoms with van der Waals surface area (Å²) in [5.41, 5.74) is 7.16. The summed E-state index contributed by atoms with van der Waals surface area (Å²) < 4.78 is 14.5. The van der Waals surface area contributed by atoms with E-state index in [-0.39, 0.29) is 24.0 Å². The first-order chi connectivity index (χ1) is 17.4. The number of nitrogens with one attached hydrogen (secondary N) is 2. The molecular weight excluding hydrogens is 475 g/mol. The molecule has 0 radical (unpaired) electrons. The van der Waals surface area contributed by atoms with Crippen molar-refractivity contribution in [1.82, 2.24) is 14.9 Å². The molecule has 192 valence electrons. The number of carbonyl (C=O) groups is 2. The van der Waals surface area contributed by atoms with Crippen molar-refractivity contribution in [1.29, 1.82) is 5.41 Å². The molecule has 2 amide bonds. The monoisotopic (exact) mass is 504 g/mol. The molecule has 1 saturated carbocycles. The van der Waals surface area contributed by atoms with Gasteiger partial charge in [0, 0.05) is 53.3 Å². The third-order valence-corrected chi connectivity index (χ3v) is 6.16. The second-order valence-electron chi connectivity index (χ2n) is 9.75. The number of primary amides is 1. The molecule has 1 aromatic heterocycles. The smallest absolute Gasteiger partial charge is 0.254 e. The fraction of sp³-hybridized carbons (Fsp3) is 0.296. The highest BCUT2D eigenvalue weighted by molar-refractivity contribution is 6.07. The van der Waals surface area contributed by atoms with Crippen LogP contribution in [-0.4, -0.2) is 51.1 Å². The highest BCUT2D eigenvalue weighted by atomic mass is 19.1. The molecule has 1 heterocycles. The Balaban J connectivity index is 1.64. The molecule has 1 fully saturated rings. The number of hydrogen-bond acceptors (Lipinski definition) is 7. The number of benzene rings is 2. The van der Waals surface area contributed by atoms with Crippen LogP contribution in [0, 0.1) is 17.1 Å². The first-order valence-electron chi connectivity index (χ1n) is 11.8. The largest absolute Gasteiger partial charge is 0.386 e. The Morgan fingerprint density at radius 1 is 1.19 bits per heavy atom. The zero-order valence-electron chi connectivity index (χ0n) is 20.9. The van der Waals surface area contributed by atoms with E-state index in [1.165, 1.54) is 36.5 Å². The maximum Gasteiger partial charge on any atom is 0.254 e. The van der Waals surface area contributed by atoms with Gasteiger partial charge in [-0.25, -0.2) is 14.4 Å². The van der Waals surface area contributed by atoms with Crippen molar-refractivity contribution in [2.45, 2.75) is 32.3 Å². The van der Waals surface area contributed by atoms with Crippen molar-refractivity contribution in [3.63, 3.8) is 0 Å². The average molecular weight is 505 g/mol. The van der Waals surface area contributed by atoms with Crippen LogP contribution in [0.15, 0.2) is 48.8 Å². The van der Waals surface area contributed by atoms with Gasteiger partial charge in [-0.15, -0.1) is 0 Å². The molecule has 4 rings (SSSR count). The molecule has 0 unspecified atom stereocenters. The lowest BCUT2D eigenvalue weighted by Crippen LogP contribution is -2.35. The molecule has 2 aromatic carbocycles. The van der Waals surface area contributed by atoms with Crippen molar-refractivity contribution in [3.05, 3.63) is 71.3 Å². The second-order valence-corrected chi connectivity index (χ2v) is 9.75. The van der Waals surface area contributed by atoms with E-state index >= 15 is 0 Å². The lowest BCUT2D eigenvalue weighted by Gasteiger charge is -2.19. The fourth-order valence-electron chi connectivity index (χ4n) is 3.91. The number of nitrogens with two attached hydrogens (primary N) is 1. The lowest BCUT2D eigenvalue weighted by atomic mass is 9.95. The van der Waals surface area contributed by atoms with Gasteiger partial charge in [-0.05, 0) is 56.5 Å². The van der Waals surface area contributed by atoms with E-state index in [0.717, 1.165) is 12.8 Å². The Hall–Kier alpha value is -4.18. The number of amides is 2. The molecule has 10 heteroatoms. The molecule has 37 heavy (non-hydrogen) atoms. The summed E-state index contributed by atoms with van der Waals surface area (Å²) in [6.07, 6.45) is 4.79. The Kier molecular flexibility index (Phi) is 7.04. The van der Waals surface area contributed by atoms with E-state index in [4.69, 9.17) is 11.1 Å². The predicted octanol–water partition coefficient (Wildman–Crippen LogP) is 3.59. The molecule has 0 aliphatic heterocycles. The van der Waals surface area contributed by atoms with Gasteiger partial charge in [-0.3, -0.25) is 9.59 Å². The van der Waals surface area contributed by atoms with Gasteiger partial charge in [0.2, 0.25) is 11.9 Å². The molecule has 0 saturated heterocycles. The molecule has 1 aliphatic rings. The number of aliphatic hydroxyl groups is 1. The van der Waals surface area contributed by atoms with E-state index in [9.17, 15) is 19.1 Å². The van der Waals surface area contributed by atoms with Crippen LogP contribution in [0.3, 0.4) is 0 Å². The zero-order chi connectivity index (χ0) is 26.9. The van der Waals surface area contributed by atoms with Crippen LogP contribution in [0.1, 0.15) is 48.2 Å². The van der Waals surface area contributed by atoms with E-state index in [1.54, 1.807) is 38.1 Å². The Labute approximate surface area is 214 Å². The third kappa shape index (κ3) is 5.97. The highest BCUT2D eigenvalue weighted by Crippen LogP contribution is 2.35. The molecule has 0 bridgehead atoms. The summed E-state index contributed by atoms with van der Waals surface area (Å²) in [7, 11) is 1.48. The number of halogens is 1. The molecule has 0 spiro atoms. The summed E-state index contributed by atoms with van der Waals surface area (Å²) in [5, 5.41) is 21.9. The van der Waals surface area contributed by atoms with Gasteiger partial charge >= 0.3 is 0 Å². The predicted molar refractivity (Wildman–Crippen MR) is 138 cm³/mol. The van der Waals surface area contributed by atoms with Gasteiger partial charge in [0.1, 0.15) is 5.82 Å². The van der Waals surface area contributed by atoms with Crippen molar-refractivity contribution in [3.8, 4) is 11.1 Å². The Bertz CT molecular complexity index is 1360. The summed E-state index contributed by atoms with van der Waals surface area (Å²) >= 11 is 0. The van der Waals surface area contributed by atoms with E-state index in [1.807, 2.05) is 0 Å². The molecular formula is C27H29FN6O3. The van der Waals surface area contributed by atoms with Crippen LogP contribution in [-0.2, 0) is 10.4 Å². The first-order valence-corrected chi connectivity index (χ1v) is 11.8. The number of likely N-dealkylation sites (N-methyl/N-ethyl adjacent to an activating group) is 1. The molecule has 3 aromatic rings. The summed E-state index contributed by atoms with van der Waals surface area (Å²) in [4.78, 5) is 33.9. The minimum Gasteiger partial charge on any atom is -0.386 e. The number of hydrogen-bond donors (Lipinski definition) is 4. The van der Waals surface area contributed by atoms with Gasteiger partial charge < -0.3 is 26.5 Å². The zero-order valence-corrected chi connectivity index (χ0v) is 20.9. The SMILES string of the molecule is CN(CC(N)=O)C(=O)c1ccc(C(=N)C2CC2)c(Nc2ncc(-c3cc(C(C)(C)O)ccc3F)cn2)c1. The topological polar surface area (TPSA) is 145 Å². The standard InChI is InChI=1S/C27H29FN6O3/c1-27(2,37)18-7-9-21(28)20(11-18)17-12-31-26(32-13-17)33-22-10-16(25(36)34(3)14-23(29)35)6-8-19(22)24(30)15-4-5-15/h6-13,15,30,37H,4-5,14H2,1-3H3,(H2,29,35)(H,31,32,33). The Morgan fingerprint density at radius 2 is 1.86 bits per heavy atom. The van der Waals surface area contributed by atoms with Crippen molar-refractivity contribution in [2.75, 3.05) is 18.9 Å². The van der Waals surface area contributed by atoms with Crippen LogP contribution in [0.2, 0.25) is 0 Å². The molecule has 5 N–H and O–H groups in total. The number of rotatable bonds is 9. The summed E-state index contributed by atoms with van der Waals surface area (Å²) in [6, 6.07) is 9.28. The van der Waals surface area contributed by atoms with Gasteiger partial charge in [0.15, 0.2) is 0 Å². The third-order valence-electron chi connectivity index (χ3n) is 6.16. The molecule has 0 atom stereocenters. The van der Waals surface area contributed by atoms with Crippen LogP contribution in [0.5, 0.6) is 0 Å². The van der Waals surface area contributed by atoms with E-state index < -0.39 is 23.2 Å². The van der Waals surface area contributed by atoms with Crippen LogP contribution < -0.4 is 11.1 Å². The van der Waals surface area contributed by atoms with Crippen LogP contribution in [0.25, 0.3) is 11.1 Å². The number of carbonyl (C=O) groups excluding carboxylic acids is 2. The van der Waals surface area contributed by atoms with Crippen molar-refractivity contribution >= 4 is 29.2 Å². The maximum absolute atomic E-state index is 14.5. The lowest BCUT2D eigenvalue weighted by molar-refractivity contribution is -0.118. The van der Waals surface area contributed by atoms with Gasteiger partial charge in [0.05, 0.1) is 17.8 Å². The molecule has 1 aliphatic carbocycles. The first kappa shape index (κ1) is 25.9. The maximum atomic E-state index is 14.5. The van der Waals surface area contributed by atoms with Crippen LogP contribution >= 0.6 is 0 Å². The average Bonchev–Trinajstić information content (AvgIpc) is 3.68. The number of aromatic nitrogens is 2. The quantitative estimate of drug-likeness (QED) is 0.328. The summed E-state index contributed by atoms with van der Waals surface area (Å²) in [6.45, 7) is 3.01. The van der Waals surface area contributed by atoms with E-state index in [2.05, 4.69) is 15.3 Å². The van der Waals surface area contributed by atoms with Gasteiger partial charge in [-0.2, -0.15) is 0 Å². The Morgan fingerprint density at radius 3 is 2.46 bits per heavy atom. The van der Waals surface area contributed by atoms with Crippen molar-refractivity contribution < 1.29 is 19.1 Å². The highest BCUT2D eigenvalue weighted by Gasteiger charge is 2.29. The second kappa shape index (κ2) is 10.1. The number of anilines is 2.